The second-order valence-electron chi connectivity index (χ2n) is 6.25. The number of carbonyl (C=O) groups excluding carboxylic acids is 1. The molecule has 3 N–H and O–H groups in total. The van der Waals surface area contributed by atoms with Crippen molar-refractivity contribution in [1.82, 2.24) is 10.3 Å². The summed E-state index contributed by atoms with van der Waals surface area (Å²) in [6.07, 6.45) is 3.33. The topological polar surface area (TPSA) is 81.1 Å². The third-order valence-corrected chi connectivity index (χ3v) is 3.91. The van der Waals surface area contributed by atoms with E-state index in [1.54, 1.807) is 18.3 Å². The first-order chi connectivity index (χ1) is 11.5. The molecule has 0 saturated heterocycles. The number of amides is 1. The molecule has 5 nitrogen and oxygen atoms in total. The second kappa shape index (κ2) is 8.85. The van der Waals surface area contributed by atoms with Gasteiger partial charge < -0.3 is 15.5 Å². The molecule has 1 aromatic carbocycles. The Bertz CT molecular complexity index is 653. The predicted octanol–water partition coefficient (Wildman–Crippen LogP) is 3.42. The Kier molecular flexibility index (Phi) is 6.82. The number of halogens is 1. The summed E-state index contributed by atoms with van der Waals surface area (Å²) in [4.78, 5) is 16.3. The molecule has 2 aromatic rings. The van der Waals surface area contributed by atoms with Crippen LogP contribution in [0.1, 0.15) is 32.6 Å². The van der Waals surface area contributed by atoms with E-state index >= 15 is 0 Å². The minimum absolute atomic E-state index is 0.0201. The van der Waals surface area contributed by atoms with Crippen LogP contribution in [0.2, 0.25) is 5.02 Å². The van der Waals surface area contributed by atoms with Crippen molar-refractivity contribution in [2.75, 3.05) is 6.54 Å². The quantitative estimate of drug-likeness (QED) is 0.765. The standard InChI is InChI=1S/C18H24ClN3O2/c1-12(2)9-15(10-20)22-17(23)7-8-18-21-11-16(24-18)13-3-5-14(19)6-4-13/h3-6,11-12,15H,7-10,20H2,1-2H3,(H,22,23). The van der Waals surface area contributed by atoms with E-state index < -0.39 is 0 Å². The van der Waals surface area contributed by atoms with Gasteiger partial charge in [-0.3, -0.25) is 4.79 Å². The molecule has 0 bridgehead atoms. The largest absolute Gasteiger partial charge is 0.441 e. The Morgan fingerprint density at radius 3 is 2.67 bits per heavy atom. The third kappa shape index (κ3) is 5.65. The predicted molar refractivity (Wildman–Crippen MR) is 95.7 cm³/mol. The lowest BCUT2D eigenvalue weighted by atomic mass is 10.0. The van der Waals surface area contributed by atoms with Gasteiger partial charge in [0.1, 0.15) is 0 Å². The fraction of sp³-hybridized carbons (Fsp3) is 0.444. The molecule has 1 atom stereocenters. The lowest BCUT2D eigenvalue weighted by Gasteiger charge is -2.18. The Balaban J connectivity index is 1.86. The van der Waals surface area contributed by atoms with Crippen molar-refractivity contribution >= 4 is 17.5 Å². The van der Waals surface area contributed by atoms with Crippen LogP contribution in [0, 0.1) is 5.92 Å². The van der Waals surface area contributed by atoms with Gasteiger partial charge in [-0.25, -0.2) is 4.98 Å². The summed E-state index contributed by atoms with van der Waals surface area (Å²) in [5, 5.41) is 3.64. The number of hydrogen-bond donors (Lipinski definition) is 2. The van der Waals surface area contributed by atoms with Crippen LogP contribution in [0.25, 0.3) is 11.3 Å². The number of oxazole rings is 1. The van der Waals surface area contributed by atoms with E-state index in [2.05, 4.69) is 24.1 Å². The summed E-state index contributed by atoms with van der Waals surface area (Å²) in [5.41, 5.74) is 6.61. The first kappa shape index (κ1) is 18.5. The van der Waals surface area contributed by atoms with Gasteiger partial charge in [-0.15, -0.1) is 0 Å². The number of hydrogen-bond acceptors (Lipinski definition) is 4. The number of carbonyl (C=O) groups is 1. The average Bonchev–Trinajstić information content (AvgIpc) is 3.01. The van der Waals surface area contributed by atoms with Crippen LogP contribution >= 0.6 is 11.6 Å². The highest BCUT2D eigenvalue weighted by molar-refractivity contribution is 6.30. The Hall–Kier alpha value is -1.85. The van der Waals surface area contributed by atoms with Gasteiger partial charge in [0.15, 0.2) is 11.7 Å². The van der Waals surface area contributed by atoms with E-state index in [-0.39, 0.29) is 11.9 Å². The maximum atomic E-state index is 12.0. The summed E-state index contributed by atoms with van der Waals surface area (Å²) in [7, 11) is 0. The molecule has 2 rings (SSSR count). The molecule has 0 aliphatic rings. The van der Waals surface area contributed by atoms with Crippen molar-refractivity contribution in [3.05, 3.63) is 41.4 Å². The van der Waals surface area contributed by atoms with E-state index in [1.807, 2.05) is 12.1 Å². The fourth-order valence-electron chi connectivity index (χ4n) is 2.48. The number of nitrogens with one attached hydrogen (secondary N) is 1. The van der Waals surface area contributed by atoms with Gasteiger partial charge in [0.2, 0.25) is 5.91 Å². The minimum atomic E-state index is -0.0302. The van der Waals surface area contributed by atoms with Crippen molar-refractivity contribution in [3.8, 4) is 11.3 Å². The monoisotopic (exact) mass is 349 g/mol. The van der Waals surface area contributed by atoms with Gasteiger partial charge in [-0.2, -0.15) is 0 Å². The van der Waals surface area contributed by atoms with Crippen LogP contribution in [-0.2, 0) is 11.2 Å². The fourth-order valence-corrected chi connectivity index (χ4v) is 2.60. The molecule has 1 aromatic heterocycles. The Morgan fingerprint density at radius 2 is 2.04 bits per heavy atom. The maximum absolute atomic E-state index is 12.0. The number of aromatic nitrogens is 1. The van der Waals surface area contributed by atoms with Gasteiger partial charge in [-0.1, -0.05) is 25.4 Å². The first-order valence-electron chi connectivity index (χ1n) is 8.18. The Labute approximate surface area is 147 Å². The lowest BCUT2D eigenvalue weighted by Crippen LogP contribution is -2.41. The third-order valence-electron chi connectivity index (χ3n) is 3.65. The normalized spacial score (nSPS) is 12.4. The SMILES string of the molecule is CC(C)CC(CN)NC(=O)CCc1ncc(-c2ccc(Cl)cc2)o1. The van der Waals surface area contributed by atoms with Gasteiger partial charge in [0.25, 0.3) is 0 Å². The van der Waals surface area contributed by atoms with Crippen LogP contribution in [0.3, 0.4) is 0 Å². The van der Waals surface area contributed by atoms with E-state index in [0.717, 1.165) is 12.0 Å². The second-order valence-corrected chi connectivity index (χ2v) is 6.69. The smallest absolute Gasteiger partial charge is 0.220 e. The molecule has 0 aliphatic heterocycles. The van der Waals surface area contributed by atoms with E-state index in [1.165, 1.54) is 0 Å². The first-order valence-corrected chi connectivity index (χ1v) is 8.55. The summed E-state index contributed by atoms with van der Waals surface area (Å²) >= 11 is 5.87. The van der Waals surface area contributed by atoms with Gasteiger partial charge in [0.05, 0.1) is 6.20 Å². The molecular formula is C18H24ClN3O2. The lowest BCUT2D eigenvalue weighted by molar-refractivity contribution is -0.121. The number of aryl methyl sites for hydroxylation is 1. The zero-order valence-corrected chi connectivity index (χ0v) is 14.8. The summed E-state index contributed by atoms with van der Waals surface area (Å²) in [6, 6.07) is 7.36. The molecule has 0 aliphatic carbocycles. The molecule has 0 saturated carbocycles. The summed E-state index contributed by atoms with van der Waals surface area (Å²) in [6.45, 7) is 4.67. The van der Waals surface area contributed by atoms with Crippen molar-refractivity contribution in [3.63, 3.8) is 0 Å². The minimum Gasteiger partial charge on any atom is -0.441 e. The van der Waals surface area contributed by atoms with Gasteiger partial charge >= 0.3 is 0 Å². The van der Waals surface area contributed by atoms with E-state index in [4.69, 9.17) is 21.8 Å². The van der Waals surface area contributed by atoms with Crippen LogP contribution in [0.15, 0.2) is 34.9 Å². The average molecular weight is 350 g/mol. The van der Waals surface area contributed by atoms with Crippen LogP contribution in [0.4, 0.5) is 0 Å². The van der Waals surface area contributed by atoms with Crippen molar-refractivity contribution in [2.45, 2.75) is 39.2 Å². The molecule has 0 fully saturated rings. The van der Waals surface area contributed by atoms with Crippen LogP contribution in [-0.4, -0.2) is 23.5 Å². The molecule has 1 heterocycles. The highest BCUT2D eigenvalue weighted by Crippen LogP contribution is 2.22. The molecule has 6 heteroatoms. The van der Waals surface area contributed by atoms with Gasteiger partial charge in [-0.05, 0) is 36.6 Å². The molecule has 130 valence electrons. The molecule has 0 spiro atoms. The van der Waals surface area contributed by atoms with Crippen LogP contribution in [0.5, 0.6) is 0 Å². The number of benzene rings is 1. The van der Waals surface area contributed by atoms with Crippen molar-refractivity contribution in [2.24, 2.45) is 11.7 Å². The maximum Gasteiger partial charge on any atom is 0.220 e. The number of nitrogens with two attached hydrogens (primary N) is 1. The van der Waals surface area contributed by atoms with Crippen LogP contribution < -0.4 is 11.1 Å². The molecular weight excluding hydrogens is 326 g/mol. The number of rotatable bonds is 8. The zero-order chi connectivity index (χ0) is 17.5. The van der Waals surface area contributed by atoms with Crippen molar-refractivity contribution < 1.29 is 9.21 Å². The zero-order valence-electron chi connectivity index (χ0n) is 14.1. The van der Waals surface area contributed by atoms with E-state index in [9.17, 15) is 4.79 Å². The molecule has 24 heavy (non-hydrogen) atoms. The van der Waals surface area contributed by atoms with E-state index in [0.29, 0.717) is 42.0 Å². The molecule has 1 amide bonds. The number of nitrogens with zero attached hydrogens (tertiary/aromatic N) is 1. The van der Waals surface area contributed by atoms with Gasteiger partial charge in [0, 0.05) is 36.0 Å². The highest BCUT2D eigenvalue weighted by Gasteiger charge is 2.14. The Morgan fingerprint density at radius 1 is 1.33 bits per heavy atom. The highest BCUT2D eigenvalue weighted by atomic mass is 35.5. The van der Waals surface area contributed by atoms with Crippen molar-refractivity contribution in [1.29, 1.82) is 0 Å². The molecule has 0 radical (unpaired) electrons. The summed E-state index contributed by atoms with van der Waals surface area (Å²) < 4.78 is 5.70. The summed E-state index contributed by atoms with van der Waals surface area (Å²) in [5.74, 6) is 1.68. The molecule has 1 unspecified atom stereocenters.